The van der Waals surface area contributed by atoms with E-state index in [-0.39, 0.29) is 18.0 Å². The first-order valence-electron chi connectivity index (χ1n) is 8.35. The van der Waals surface area contributed by atoms with E-state index in [0.717, 1.165) is 4.47 Å². The van der Waals surface area contributed by atoms with Crippen molar-refractivity contribution < 1.29 is 14.0 Å². The van der Waals surface area contributed by atoms with Gasteiger partial charge in [-0.1, -0.05) is 36.0 Å². The van der Waals surface area contributed by atoms with E-state index in [1.165, 1.54) is 23.9 Å². The average molecular weight is 450 g/mol. The van der Waals surface area contributed by atoms with Gasteiger partial charge in [-0.05, 0) is 47.1 Å². The van der Waals surface area contributed by atoms with Crippen LogP contribution in [0.1, 0.15) is 13.3 Å². The van der Waals surface area contributed by atoms with E-state index in [1.54, 1.807) is 17.0 Å². The maximum atomic E-state index is 13.7. The monoisotopic (exact) mass is 449 g/mol. The van der Waals surface area contributed by atoms with Gasteiger partial charge in [0.1, 0.15) is 11.1 Å². The highest BCUT2D eigenvalue weighted by Crippen LogP contribution is 2.33. The van der Waals surface area contributed by atoms with Crippen molar-refractivity contribution >= 4 is 56.0 Å². The number of thioether (sulfide) groups is 1. The fourth-order valence-corrected chi connectivity index (χ4v) is 4.18. The third kappa shape index (κ3) is 4.56. The number of hydrogen-bond acceptors (Lipinski definition) is 4. The molecule has 1 saturated heterocycles. The van der Waals surface area contributed by atoms with Gasteiger partial charge < -0.3 is 5.32 Å². The van der Waals surface area contributed by atoms with Crippen molar-refractivity contribution in [1.82, 2.24) is 4.90 Å². The van der Waals surface area contributed by atoms with Crippen molar-refractivity contribution in [2.75, 3.05) is 11.9 Å². The number of amides is 2. The van der Waals surface area contributed by atoms with Crippen LogP contribution in [0, 0.1) is 5.82 Å². The van der Waals surface area contributed by atoms with Crippen LogP contribution in [0.2, 0.25) is 0 Å². The minimum absolute atomic E-state index is 0.0523. The summed E-state index contributed by atoms with van der Waals surface area (Å²) < 4.78 is 14.5. The predicted octanol–water partition coefficient (Wildman–Crippen LogP) is 4.57. The fourth-order valence-electron chi connectivity index (χ4n) is 2.59. The molecule has 2 aromatic rings. The summed E-state index contributed by atoms with van der Waals surface area (Å²) in [6.45, 7) is 2.32. The summed E-state index contributed by atoms with van der Waals surface area (Å²) in [5.41, 5.74) is 0.815. The van der Waals surface area contributed by atoms with Gasteiger partial charge in [0, 0.05) is 17.4 Å². The second-order valence-electron chi connectivity index (χ2n) is 5.77. The molecule has 0 saturated carbocycles. The Morgan fingerprint density at radius 3 is 2.67 bits per heavy atom. The highest BCUT2D eigenvalue weighted by molar-refractivity contribution is 9.10. The second-order valence-corrected chi connectivity index (χ2v) is 7.79. The third-order valence-electron chi connectivity index (χ3n) is 3.92. The molecule has 0 radical (unpaired) electrons. The molecule has 1 N–H and O–H groups in total. The van der Waals surface area contributed by atoms with Crippen LogP contribution in [-0.4, -0.2) is 33.7 Å². The maximum absolute atomic E-state index is 13.7. The Morgan fingerprint density at radius 2 is 1.96 bits per heavy atom. The largest absolute Gasteiger partial charge is 0.324 e. The molecule has 140 valence electrons. The van der Waals surface area contributed by atoms with Gasteiger partial charge in [-0.15, -0.1) is 0 Å². The molecule has 1 aliphatic heterocycles. The van der Waals surface area contributed by atoms with Crippen molar-refractivity contribution in [2.24, 2.45) is 4.99 Å². The van der Waals surface area contributed by atoms with Gasteiger partial charge in [0.25, 0.3) is 0 Å². The normalized spacial score (nSPS) is 18.2. The van der Waals surface area contributed by atoms with Crippen LogP contribution >= 0.6 is 27.7 Å². The van der Waals surface area contributed by atoms with Crippen molar-refractivity contribution in [3.8, 4) is 0 Å². The minimum Gasteiger partial charge on any atom is -0.324 e. The number of carbonyl (C=O) groups excluding carboxylic acids is 2. The topological polar surface area (TPSA) is 61.8 Å². The molecule has 3 rings (SSSR count). The molecule has 1 atom stereocenters. The summed E-state index contributed by atoms with van der Waals surface area (Å²) >= 11 is 4.69. The zero-order valence-electron chi connectivity index (χ0n) is 14.5. The number of nitrogens with zero attached hydrogens (tertiary/aromatic N) is 2. The lowest BCUT2D eigenvalue weighted by molar-refractivity contribution is -0.128. The number of halogens is 2. The van der Waals surface area contributed by atoms with Crippen molar-refractivity contribution in [2.45, 2.75) is 18.6 Å². The molecule has 8 heteroatoms. The number of para-hydroxylation sites is 2. The summed E-state index contributed by atoms with van der Waals surface area (Å²) in [4.78, 5) is 31.0. The Labute approximate surface area is 169 Å². The first kappa shape index (κ1) is 19.6. The molecule has 0 spiro atoms. The Morgan fingerprint density at radius 1 is 1.26 bits per heavy atom. The van der Waals surface area contributed by atoms with E-state index in [0.29, 0.717) is 17.4 Å². The van der Waals surface area contributed by atoms with Crippen molar-refractivity contribution in [3.05, 3.63) is 58.8 Å². The van der Waals surface area contributed by atoms with E-state index in [9.17, 15) is 14.0 Å². The molecule has 0 bridgehead atoms. The number of benzene rings is 2. The van der Waals surface area contributed by atoms with Crippen LogP contribution in [0.3, 0.4) is 0 Å². The molecular formula is C19H17BrFN3O2S. The lowest BCUT2D eigenvalue weighted by Gasteiger charge is -2.13. The molecule has 2 aromatic carbocycles. The minimum atomic E-state index is -0.585. The first-order chi connectivity index (χ1) is 13.0. The van der Waals surface area contributed by atoms with Crippen LogP contribution < -0.4 is 5.32 Å². The zero-order chi connectivity index (χ0) is 19.4. The summed E-state index contributed by atoms with van der Waals surface area (Å²) in [6.07, 6.45) is -0.0523. The lowest BCUT2D eigenvalue weighted by Crippen LogP contribution is -2.33. The van der Waals surface area contributed by atoms with E-state index in [4.69, 9.17) is 0 Å². The number of amidine groups is 1. The number of rotatable bonds is 5. The van der Waals surface area contributed by atoms with Gasteiger partial charge in [0.15, 0.2) is 5.17 Å². The van der Waals surface area contributed by atoms with Crippen LogP contribution in [-0.2, 0) is 9.59 Å². The number of nitrogens with one attached hydrogen (secondary N) is 1. The second kappa shape index (κ2) is 8.67. The molecule has 5 nitrogen and oxygen atoms in total. The van der Waals surface area contributed by atoms with E-state index >= 15 is 0 Å². The molecule has 27 heavy (non-hydrogen) atoms. The van der Waals surface area contributed by atoms with Gasteiger partial charge >= 0.3 is 0 Å². The quantitative estimate of drug-likeness (QED) is 0.726. The van der Waals surface area contributed by atoms with Crippen LogP contribution in [0.15, 0.2) is 58.0 Å². The van der Waals surface area contributed by atoms with Crippen LogP contribution in [0.25, 0.3) is 0 Å². The van der Waals surface area contributed by atoms with Crippen molar-refractivity contribution in [3.63, 3.8) is 0 Å². The number of hydrogen-bond donors (Lipinski definition) is 1. The third-order valence-corrected chi connectivity index (χ3v) is 5.77. The fraction of sp³-hybridized carbons (Fsp3) is 0.211. The first-order valence-corrected chi connectivity index (χ1v) is 10.0. The van der Waals surface area contributed by atoms with Gasteiger partial charge in [-0.3, -0.25) is 14.5 Å². The number of aliphatic imine (C=N–C) groups is 1. The Balaban J connectivity index is 1.74. The molecule has 1 aliphatic rings. The van der Waals surface area contributed by atoms with Crippen molar-refractivity contribution in [1.29, 1.82) is 0 Å². The smallest absolute Gasteiger partial charge is 0.242 e. The molecule has 1 heterocycles. The number of carbonyl (C=O) groups is 2. The highest BCUT2D eigenvalue weighted by atomic mass is 79.9. The Bertz CT molecular complexity index is 906. The average Bonchev–Trinajstić information content (AvgIpc) is 2.93. The standard InChI is InChI=1S/C19H17BrFN3O2S/c1-2-24-18(26)16(11-17(25)22-15-10-6-4-8-13(15)21)27-19(24)23-14-9-5-3-7-12(14)20/h3-10,16H,2,11H2,1H3,(H,22,25). The summed E-state index contributed by atoms with van der Waals surface area (Å²) in [5, 5.41) is 2.49. The van der Waals surface area contributed by atoms with Gasteiger partial charge in [0.05, 0.1) is 11.4 Å². The molecule has 2 amide bonds. The van der Waals surface area contributed by atoms with Gasteiger partial charge in [0.2, 0.25) is 11.8 Å². The molecule has 1 unspecified atom stereocenters. The summed E-state index contributed by atoms with van der Waals surface area (Å²) in [6, 6.07) is 13.4. The zero-order valence-corrected chi connectivity index (χ0v) is 16.9. The predicted molar refractivity (Wildman–Crippen MR) is 110 cm³/mol. The number of anilines is 1. The lowest BCUT2D eigenvalue weighted by atomic mass is 10.2. The Hall–Kier alpha value is -2.19. The molecule has 0 aliphatic carbocycles. The van der Waals surface area contributed by atoms with Gasteiger partial charge in [-0.25, -0.2) is 9.38 Å². The molecular weight excluding hydrogens is 433 g/mol. The SMILES string of the molecule is CCN1C(=O)C(CC(=O)Nc2ccccc2F)SC1=Nc1ccccc1Br. The Kier molecular flexibility index (Phi) is 6.28. The van der Waals surface area contributed by atoms with Crippen LogP contribution in [0.4, 0.5) is 15.8 Å². The summed E-state index contributed by atoms with van der Waals surface area (Å²) in [7, 11) is 0. The van der Waals surface area contributed by atoms with E-state index in [1.807, 2.05) is 31.2 Å². The molecule has 0 aromatic heterocycles. The van der Waals surface area contributed by atoms with E-state index in [2.05, 4.69) is 26.2 Å². The van der Waals surface area contributed by atoms with Gasteiger partial charge in [-0.2, -0.15) is 0 Å². The molecule has 1 fully saturated rings. The highest BCUT2D eigenvalue weighted by Gasteiger charge is 2.38. The van der Waals surface area contributed by atoms with Crippen LogP contribution in [0.5, 0.6) is 0 Å². The summed E-state index contributed by atoms with van der Waals surface area (Å²) in [5.74, 6) is -1.09. The van der Waals surface area contributed by atoms with E-state index < -0.39 is 17.0 Å². The maximum Gasteiger partial charge on any atom is 0.242 e.